The van der Waals surface area contributed by atoms with Crippen LogP contribution in [-0.2, 0) is 0 Å². The number of piperazine rings is 1. The molecule has 3 N–H and O–H groups in total. The summed E-state index contributed by atoms with van der Waals surface area (Å²) in [5.74, 6) is 0.926. The van der Waals surface area contributed by atoms with E-state index >= 15 is 0 Å². The van der Waals surface area contributed by atoms with Crippen molar-refractivity contribution in [2.45, 2.75) is 32.1 Å². The van der Waals surface area contributed by atoms with E-state index in [1.807, 2.05) is 0 Å². The van der Waals surface area contributed by atoms with Crippen LogP contribution in [0.4, 0.5) is 5.69 Å². The zero-order chi connectivity index (χ0) is 18.4. The smallest absolute Gasteiger partial charge is 0.184 e. The molecule has 2 aliphatic rings. The molecule has 0 aromatic heterocycles. The van der Waals surface area contributed by atoms with Gasteiger partial charge in [-0.25, -0.2) is 0 Å². The Balaban J connectivity index is 1.52. The van der Waals surface area contributed by atoms with Gasteiger partial charge >= 0.3 is 0 Å². The number of nitrogens with two attached hydrogens (primary N) is 1. The topological polar surface area (TPSA) is 56.9 Å². The molecule has 142 valence electrons. The first kappa shape index (κ1) is 19.6. The highest BCUT2D eigenvalue weighted by molar-refractivity contribution is 9.10. The van der Waals surface area contributed by atoms with Crippen molar-refractivity contribution >= 4 is 45.2 Å². The first-order valence-corrected chi connectivity index (χ1v) is 10.7. The molecule has 0 atom stereocenters. The summed E-state index contributed by atoms with van der Waals surface area (Å²) >= 11 is 8.45. The van der Waals surface area contributed by atoms with Crippen LogP contribution in [0.3, 0.4) is 0 Å². The molecule has 1 aliphatic heterocycles. The lowest BCUT2D eigenvalue weighted by molar-refractivity contribution is 0.192. The van der Waals surface area contributed by atoms with Gasteiger partial charge in [0, 0.05) is 37.2 Å². The van der Waals surface area contributed by atoms with Crippen molar-refractivity contribution in [3.63, 3.8) is 0 Å². The highest BCUT2D eigenvalue weighted by Crippen LogP contribution is 2.29. The Kier molecular flexibility index (Phi) is 7.28. The molecule has 7 heteroatoms. The molecule has 0 bridgehead atoms. The van der Waals surface area contributed by atoms with Crippen LogP contribution in [0.1, 0.15) is 37.7 Å². The Morgan fingerprint density at radius 2 is 1.96 bits per heavy atom. The number of thiocarbonyl (C=S) groups is 1. The third kappa shape index (κ3) is 5.66. The van der Waals surface area contributed by atoms with Gasteiger partial charge in [0.2, 0.25) is 0 Å². The van der Waals surface area contributed by atoms with Crippen LogP contribution in [0.5, 0.6) is 0 Å². The first-order valence-electron chi connectivity index (χ1n) is 9.47. The molecule has 1 aromatic carbocycles. The van der Waals surface area contributed by atoms with Crippen molar-refractivity contribution in [2.75, 3.05) is 37.6 Å². The fraction of sp³-hybridized carbons (Fsp3) is 0.579. The van der Waals surface area contributed by atoms with E-state index < -0.39 is 0 Å². The Bertz CT molecular complexity index is 637. The van der Waals surface area contributed by atoms with E-state index in [1.54, 1.807) is 6.21 Å². The first-order chi connectivity index (χ1) is 12.6. The van der Waals surface area contributed by atoms with E-state index in [9.17, 15) is 0 Å². The third-order valence-electron chi connectivity index (χ3n) is 5.31. The van der Waals surface area contributed by atoms with Gasteiger partial charge in [-0.15, -0.1) is 0 Å². The van der Waals surface area contributed by atoms with E-state index in [4.69, 9.17) is 18.0 Å². The summed E-state index contributed by atoms with van der Waals surface area (Å²) in [7, 11) is 0. The molecular formula is C19H28BrN5S. The highest BCUT2D eigenvalue weighted by atomic mass is 79.9. The molecule has 1 saturated carbocycles. The lowest BCUT2D eigenvalue weighted by Crippen LogP contribution is -2.48. The summed E-state index contributed by atoms with van der Waals surface area (Å²) in [4.78, 5) is 5.12. The molecule has 26 heavy (non-hydrogen) atoms. The number of hydrazone groups is 1. The Morgan fingerprint density at radius 1 is 1.23 bits per heavy atom. The van der Waals surface area contributed by atoms with Crippen molar-refractivity contribution in [1.29, 1.82) is 0 Å². The molecule has 0 radical (unpaired) electrons. The predicted molar refractivity (Wildman–Crippen MR) is 117 cm³/mol. The van der Waals surface area contributed by atoms with Gasteiger partial charge in [0.1, 0.15) is 0 Å². The quantitative estimate of drug-likeness (QED) is 0.420. The second-order valence-corrected chi connectivity index (χ2v) is 8.53. The molecule has 3 rings (SSSR count). The zero-order valence-electron chi connectivity index (χ0n) is 15.2. The third-order valence-corrected chi connectivity index (χ3v) is 6.04. The molecule has 1 aromatic rings. The second-order valence-electron chi connectivity index (χ2n) is 7.24. The Labute approximate surface area is 170 Å². The molecule has 1 saturated heterocycles. The zero-order valence-corrected chi connectivity index (χ0v) is 17.6. The SMILES string of the molecule is NC(=S)N/N=C/c1ccc(N2CCN(CC3CCCCC3)CC2)c(Br)c1. The summed E-state index contributed by atoms with van der Waals surface area (Å²) in [6, 6.07) is 6.30. The average molecular weight is 438 g/mol. The standard InChI is InChI=1S/C19H28BrN5S/c20-17-12-16(13-22-23-19(21)26)6-7-18(17)25-10-8-24(9-11-25)14-15-4-2-1-3-5-15/h6-7,12-13,15H,1-5,8-11,14H2,(H3,21,23,26)/b22-13+. The number of nitrogens with zero attached hydrogens (tertiary/aromatic N) is 3. The molecule has 1 aliphatic carbocycles. The van der Waals surface area contributed by atoms with Gasteiger partial charge < -0.3 is 10.6 Å². The number of halogens is 1. The number of benzene rings is 1. The van der Waals surface area contributed by atoms with Crippen LogP contribution in [-0.4, -0.2) is 49.0 Å². The van der Waals surface area contributed by atoms with Crippen LogP contribution in [0.2, 0.25) is 0 Å². The van der Waals surface area contributed by atoms with Crippen LogP contribution < -0.4 is 16.1 Å². The maximum Gasteiger partial charge on any atom is 0.184 e. The number of rotatable bonds is 5. The van der Waals surface area contributed by atoms with E-state index in [0.29, 0.717) is 0 Å². The minimum absolute atomic E-state index is 0.169. The number of hydrogen-bond acceptors (Lipinski definition) is 4. The maximum atomic E-state index is 5.36. The summed E-state index contributed by atoms with van der Waals surface area (Å²) in [6.07, 6.45) is 8.88. The molecular weight excluding hydrogens is 410 g/mol. The van der Waals surface area contributed by atoms with Gasteiger partial charge in [-0.3, -0.25) is 10.3 Å². The van der Waals surface area contributed by atoms with Gasteiger partial charge in [0.05, 0.1) is 11.9 Å². The molecule has 0 amide bonds. The van der Waals surface area contributed by atoms with Crippen molar-refractivity contribution in [3.05, 3.63) is 28.2 Å². The van der Waals surface area contributed by atoms with Crippen LogP contribution >= 0.6 is 28.1 Å². The Morgan fingerprint density at radius 3 is 2.62 bits per heavy atom. The lowest BCUT2D eigenvalue weighted by Gasteiger charge is -2.38. The minimum atomic E-state index is 0.169. The highest BCUT2D eigenvalue weighted by Gasteiger charge is 2.22. The number of anilines is 1. The van der Waals surface area contributed by atoms with Crippen molar-refractivity contribution in [3.8, 4) is 0 Å². The van der Waals surface area contributed by atoms with Gasteiger partial charge in [-0.05, 0) is 64.6 Å². The fourth-order valence-electron chi connectivity index (χ4n) is 3.94. The number of nitrogens with one attached hydrogen (secondary N) is 1. The van der Waals surface area contributed by atoms with Gasteiger partial charge in [0.15, 0.2) is 5.11 Å². The lowest BCUT2D eigenvalue weighted by atomic mass is 9.89. The summed E-state index contributed by atoms with van der Waals surface area (Å²) in [5.41, 5.74) is 10.2. The average Bonchev–Trinajstić information content (AvgIpc) is 2.63. The second kappa shape index (κ2) is 9.67. The molecule has 0 unspecified atom stereocenters. The molecule has 5 nitrogen and oxygen atoms in total. The monoisotopic (exact) mass is 437 g/mol. The Hall–Kier alpha value is -1.18. The van der Waals surface area contributed by atoms with Gasteiger partial charge in [0.25, 0.3) is 0 Å². The van der Waals surface area contributed by atoms with Gasteiger partial charge in [-0.1, -0.05) is 25.3 Å². The minimum Gasteiger partial charge on any atom is -0.375 e. The molecule has 1 heterocycles. The van der Waals surface area contributed by atoms with Crippen LogP contribution in [0.15, 0.2) is 27.8 Å². The van der Waals surface area contributed by atoms with Crippen molar-refractivity contribution in [2.24, 2.45) is 16.8 Å². The summed E-state index contributed by atoms with van der Waals surface area (Å²) < 4.78 is 1.09. The van der Waals surface area contributed by atoms with E-state index in [-0.39, 0.29) is 5.11 Å². The normalized spacial score (nSPS) is 19.8. The van der Waals surface area contributed by atoms with Crippen LogP contribution in [0, 0.1) is 5.92 Å². The molecule has 2 fully saturated rings. The molecule has 0 spiro atoms. The maximum absolute atomic E-state index is 5.36. The van der Waals surface area contributed by atoms with E-state index in [0.717, 1.165) is 42.1 Å². The van der Waals surface area contributed by atoms with Crippen molar-refractivity contribution in [1.82, 2.24) is 10.3 Å². The van der Waals surface area contributed by atoms with E-state index in [2.05, 4.69) is 54.5 Å². The van der Waals surface area contributed by atoms with E-state index in [1.165, 1.54) is 44.3 Å². The largest absolute Gasteiger partial charge is 0.375 e. The number of hydrogen-bond donors (Lipinski definition) is 2. The summed E-state index contributed by atoms with van der Waals surface area (Å²) in [5, 5.41) is 4.18. The van der Waals surface area contributed by atoms with Crippen molar-refractivity contribution < 1.29 is 0 Å². The summed E-state index contributed by atoms with van der Waals surface area (Å²) in [6.45, 7) is 5.78. The van der Waals surface area contributed by atoms with Gasteiger partial charge in [-0.2, -0.15) is 5.10 Å². The predicted octanol–water partition coefficient (Wildman–Crippen LogP) is 3.32. The fourth-order valence-corrected chi connectivity index (χ4v) is 4.64. The van der Waals surface area contributed by atoms with Crippen LogP contribution in [0.25, 0.3) is 0 Å².